The van der Waals surface area contributed by atoms with Crippen molar-refractivity contribution in [2.75, 3.05) is 4.90 Å². The summed E-state index contributed by atoms with van der Waals surface area (Å²) in [5, 5.41) is 2.44. The van der Waals surface area contributed by atoms with Gasteiger partial charge >= 0.3 is 0 Å². The summed E-state index contributed by atoms with van der Waals surface area (Å²) in [7, 11) is 0. The number of hydrogen-bond acceptors (Lipinski definition) is 1. The van der Waals surface area contributed by atoms with Crippen molar-refractivity contribution in [3.8, 4) is 66.8 Å². The van der Waals surface area contributed by atoms with Crippen LogP contribution in [0.2, 0.25) is 0 Å². The molecule has 0 spiro atoms. The largest absolute Gasteiger partial charge is 0.309 e. The average Bonchev–Trinajstić information content (AvgIpc) is 3.31. The molecule has 12 rings (SSSR count). The van der Waals surface area contributed by atoms with E-state index in [2.05, 4.69) is 233 Å². The van der Waals surface area contributed by atoms with Crippen LogP contribution >= 0.6 is 0 Å². The number of anilines is 3. The predicted octanol–water partition coefficient (Wildman–Crippen LogP) is 17.0. The van der Waals surface area contributed by atoms with Gasteiger partial charge in [0, 0.05) is 16.5 Å². The third kappa shape index (κ3) is 6.30. The summed E-state index contributed by atoms with van der Waals surface area (Å²) in [6, 6.07) is 75.1. The molecule has 1 nitrogen and oxygen atoms in total. The van der Waals surface area contributed by atoms with E-state index < -0.39 is 0 Å². The zero-order valence-electron chi connectivity index (χ0n) is 35.4. The minimum absolute atomic E-state index is 0.00391. The van der Waals surface area contributed by atoms with Gasteiger partial charge in [0.2, 0.25) is 0 Å². The van der Waals surface area contributed by atoms with Gasteiger partial charge < -0.3 is 4.90 Å². The predicted molar refractivity (Wildman–Crippen MR) is 260 cm³/mol. The Labute approximate surface area is 360 Å². The van der Waals surface area contributed by atoms with Crippen molar-refractivity contribution in [1.82, 2.24) is 0 Å². The van der Waals surface area contributed by atoms with Crippen molar-refractivity contribution in [3.63, 3.8) is 0 Å². The first kappa shape index (κ1) is 37.1. The van der Waals surface area contributed by atoms with Crippen molar-refractivity contribution in [2.24, 2.45) is 0 Å². The van der Waals surface area contributed by atoms with Crippen molar-refractivity contribution in [1.29, 1.82) is 0 Å². The second-order valence-corrected chi connectivity index (χ2v) is 18.4. The molecule has 0 unspecified atom stereocenters. The van der Waals surface area contributed by atoms with E-state index in [1.807, 2.05) is 0 Å². The molecule has 61 heavy (non-hydrogen) atoms. The van der Waals surface area contributed by atoms with Gasteiger partial charge in [0.15, 0.2) is 0 Å². The third-order valence-corrected chi connectivity index (χ3v) is 13.7. The summed E-state index contributed by atoms with van der Waals surface area (Å²) >= 11 is 0. The molecule has 4 bridgehead atoms. The molecule has 9 aromatic carbocycles. The summed E-state index contributed by atoms with van der Waals surface area (Å²) in [4.78, 5) is 2.62. The number of fused-ring (bicyclic) bond motifs is 4. The van der Waals surface area contributed by atoms with Crippen molar-refractivity contribution < 1.29 is 0 Å². The van der Waals surface area contributed by atoms with Gasteiger partial charge in [-0.1, -0.05) is 191 Å². The second-order valence-electron chi connectivity index (χ2n) is 18.4. The van der Waals surface area contributed by atoms with Crippen molar-refractivity contribution >= 4 is 27.8 Å². The SMILES string of the molecule is CC1(C)CCC(C)(C)c2cc3c(cc21)-c1cccc(c1)-c1ccccc1-c1cc(-c2ccc(-c4ccccc4)cc2)c(cc1-c1ccccc1)N3c1cccc2ccccc12. The fraction of sp³-hybridized carbons (Fsp3) is 0.133. The van der Waals surface area contributed by atoms with Crippen molar-refractivity contribution in [2.45, 2.75) is 51.4 Å². The normalized spacial score (nSPS) is 14.7. The highest BCUT2D eigenvalue weighted by Gasteiger charge is 2.39. The first-order valence-corrected chi connectivity index (χ1v) is 21.8. The average molecular weight is 784 g/mol. The molecule has 3 aliphatic rings. The molecule has 0 aromatic heterocycles. The van der Waals surface area contributed by atoms with E-state index in [9.17, 15) is 0 Å². The molecule has 0 radical (unpaired) electrons. The smallest absolute Gasteiger partial charge is 0.0547 e. The highest BCUT2D eigenvalue weighted by atomic mass is 15.1. The van der Waals surface area contributed by atoms with Crippen LogP contribution in [0.5, 0.6) is 0 Å². The number of nitrogens with zero attached hydrogens (tertiary/aromatic N) is 1. The molecule has 2 aliphatic heterocycles. The van der Waals surface area contributed by atoms with E-state index in [1.54, 1.807) is 0 Å². The van der Waals surface area contributed by atoms with Gasteiger partial charge in [0.1, 0.15) is 0 Å². The zero-order chi connectivity index (χ0) is 41.3. The van der Waals surface area contributed by atoms with Crippen LogP contribution in [-0.2, 0) is 10.8 Å². The van der Waals surface area contributed by atoms with Gasteiger partial charge in [-0.15, -0.1) is 0 Å². The summed E-state index contributed by atoms with van der Waals surface area (Å²) < 4.78 is 0. The van der Waals surface area contributed by atoms with Crippen molar-refractivity contribution in [3.05, 3.63) is 211 Å². The van der Waals surface area contributed by atoms with Gasteiger partial charge in [0.05, 0.1) is 17.1 Å². The van der Waals surface area contributed by atoms with Gasteiger partial charge in [-0.2, -0.15) is 0 Å². The zero-order valence-corrected chi connectivity index (χ0v) is 35.4. The van der Waals surface area contributed by atoms with Crippen LogP contribution in [0.4, 0.5) is 17.1 Å². The quantitative estimate of drug-likeness (QED) is 0.172. The monoisotopic (exact) mass is 783 g/mol. The van der Waals surface area contributed by atoms with E-state index in [0.717, 1.165) is 24.2 Å². The van der Waals surface area contributed by atoms with E-state index in [4.69, 9.17) is 0 Å². The Hall–Kier alpha value is -6.96. The Morgan fingerprint density at radius 1 is 0.311 bits per heavy atom. The fourth-order valence-electron chi connectivity index (χ4n) is 10.2. The minimum Gasteiger partial charge on any atom is -0.309 e. The van der Waals surface area contributed by atoms with Crippen LogP contribution in [0, 0.1) is 0 Å². The molecule has 0 saturated heterocycles. The van der Waals surface area contributed by atoms with Gasteiger partial charge in [0.25, 0.3) is 0 Å². The lowest BCUT2D eigenvalue weighted by Gasteiger charge is -2.43. The Morgan fingerprint density at radius 2 is 0.803 bits per heavy atom. The molecular formula is C60H49N. The van der Waals surface area contributed by atoms with Gasteiger partial charge in [-0.25, -0.2) is 0 Å². The molecule has 0 saturated carbocycles. The highest BCUT2D eigenvalue weighted by molar-refractivity contribution is 6.07. The van der Waals surface area contributed by atoms with E-state index >= 15 is 0 Å². The number of rotatable bonds is 4. The Bertz CT molecular complexity index is 3110. The molecule has 9 aromatic rings. The van der Waals surface area contributed by atoms with Crippen LogP contribution in [-0.4, -0.2) is 0 Å². The van der Waals surface area contributed by atoms with Gasteiger partial charge in [-0.3, -0.25) is 0 Å². The lowest BCUT2D eigenvalue weighted by atomic mass is 9.62. The maximum absolute atomic E-state index is 2.62. The van der Waals surface area contributed by atoms with Crippen LogP contribution in [0.1, 0.15) is 51.7 Å². The van der Waals surface area contributed by atoms with E-state index in [1.165, 1.54) is 94.3 Å². The maximum atomic E-state index is 2.62. The topological polar surface area (TPSA) is 3.24 Å². The summed E-state index contributed by atoms with van der Waals surface area (Å²) in [6.07, 6.45) is 2.29. The summed E-state index contributed by atoms with van der Waals surface area (Å²) in [5.74, 6) is 0. The highest BCUT2D eigenvalue weighted by Crippen LogP contribution is 2.55. The molecule has 0 atom stereocenters. The molecule has 294 valence electrons. The number of hydrogen-bond donors (Lipinski definition) is 0. The maximum Gasteiger partial charge on any atom is 0.0547 e. The van der Waals surface area contributed by atoms with Crippen LogP contribution < -0.4 is 4.90 Å². The number of benzene rings is 9. The van der Waals surface area contributed by atoms with Crippen LogP contribution in [0.3, 0.4) is 0 Å². The van der Waals surface area contributed by atoms with Crippen LogP contribution in [0.15, 0.2) is 200 Å². The Balaban J connectivity index is 1.34. The van der Waals surface area contributed by atoms with E-state index in [-0.39, 0.29) is 10.8 Å². The molecule has 1 aliphatic carbocycles. The fourth-order valence-corrected chi connectivity index (χ4v) is 10.2. The first-order valence-electron chi connectivity index (χ1n) is 21.8. The first-order chi connectivity index (χ1) is 29.7. The summed E-state index contributed by atoms with van der Waals surface area (Å²) in [6.45, 7) is 9.79. The molecule has 0 fully saturated rings. The second kappa shape index (κ2) is 14.4. The standard InChI is InChI=1S/C60H49N/c1-59(2)33-34-60(3,4)55-39-58-52(37-54(55)59)46-24-15-23-45(35-46)47-25-13-14-27-49(47)53-36-51(44-31-29-41(30-32-44)40-17-7-5-8-18-40)57(38-50(53)43-19-9-6-10-20-43)61(58)56-28-16-22-42-21-11-12-26-48(42)56/h5-32,35-39H,33-34H2,1-4H3. The molecule has 1 heteroatoms. The molecule has 2 heterocycles. The molecule has 0 amide bonds. The lowest BCUT2D eigenvalue weighted by molar-refractivity contribution is 0.332. The lowest BCUT2D eigenvalue weighted by Crippen LogP contribution is -2.34. The van der Waals surface area contributed by atoms with Crippen LogP contribution in [0.25, 0.3) is 77.5 Å². The summed E-state index contributed by atoms with van der Waals surface area (Å²) in [5.41, 5.74) is 21.0. The Morgan fingerprint density at radius 3 is 1.54 bits per heavy atom. The molecule has 0 N–H and O–H groups in total. The minimum atomic E-state index is 0.00391. The third-order valence-electron chi connectivity index (χ3n) is 13.7. The Kier molecular flexibility index (Phi) is 8.72. The van der Waals surface area contributed by atoms with E-state index in [0.29, 0.717) is 0 Å². The molecular weight excluding hydrogens is 735 g/mol. The van der Waals surface area contributed by atoms with Gasteiger partial charge in [-0.05, 0) is 132 Å².